The molecule has 104 valence electrons. The molecule has 0 saturated heterocycles. The molecule has 0 fully saturated rings. The van der Waals surface area contributed by atoms with E-state index in [1.54, 1.807) is 13.1 Å². The summed E-state index contributed by atoms with van der Waals surface area (Å²) < 4.78 is 5.50. The molecule has 0 saturated carbocycles. The van der Waals surface area contributed by atoms with Crippen molar-refractivity contribution in [1.29, 1.82) is 0 Å². The normalized spacial score (nSPS) is 10.3. The number of aromatic nitrogens is 1. The van der Waals surface area contributed by atoms with Crippen molar-refractivity contribution in [3.05, 3.63) is 56.7 Å². The summed E-state index contributed by atoms with van der Waals surface area (Å²) in [5.74, 6) is 0.673. The zero-order valence-corrected chi connectivity index (χ0v) is 12.0. The molecule has 0 spiro atoms. The largest absolute Gasteiger partial charge is 0.431 e. The van der Waals surface area contributed by atoms with Crippen molar-refractivity contribution in [2.75, 3.05) is 0 Å². The second-order valence-corrected chi connectivity index (χ2v) is 4.77. The van der Waals surface area contributed by atoms with E-state index in [0.717, 1.165) is 11.1 Å². The van der Waals surface area contributed by atoms with Crippen LogP contribution in [0.2, 0.25) is 5.02 Å². The topological polar surface area (TPSA) is 65.3 Å². The summed E-state index contributed by atoms with van der Waals surface area (Å²) in [6.07, 6.45) is 1.56. The number of nitrogens with zero attached hydrogens (tertiary/aromatic N) is 2. The Bertz CT molecular complexity index is 662. The highest BCUT2D eigenvalue weighted by Gasteiger charge is 2.17. The standard InChI is InChI=1S/C13H10Cl2N2O3/c1-8-4-9(6-14)7-16-13(8)20-12-5-10(15)2-3-11(12)17(18)19/h2-5,7H,6H2,1H3. The second-order valence-electron chi connectivity index (χ2n) is 4.07. The third-order valence-corrected chi connectivity index (χ3v) is 3.11. The first-order valence-corrected chi connectivity index (χ1v) is 6.56. The molecule has 0 atom stereocenters. The number of nitro benzene ring substituents is 1. The van der Waals surface area contributed by atoms with Crippen LogP contribution in [-0.4, -0.2) is 9.91 Å². The fourth-order valence-corrected chi connectivity index (χ4v) is 1.93. The number of hydrogen-bond acceptors (Lipinski definition) is 4. The van der Waals surface area contributed by atoms with Crippen LogP contribution in [0.15, 0.2) is 30.5 Å². The van der Waals surface area contributed by atoms with Crippen LogP contribution in [-0.2, 0) is 5.88 Å². The van der Waals surface area contributed by atoms with Crippen LogP contribution >= 0.6 is 23.2 Å². The highest BCUT2D eigenvalue weighted by atomic mass is 35.5. The van der Waals surface area contributed by atoms with E-state index in [1.165, 1.54) is 18.2 Å². The molecular formula is C13H10Cl2N2O3. The maximum Gasteiger partial charge on any atom is 0.311 e. The van der Waals surface area contributed by atoms with E-state index in [0.29, 0.717) is 10.9 Å². The number of pyridine rings is 1. The third-order valence-electron chi connectivity index (χ3n) is 2.57. The molecule has 0 unspecified atom stereocenters. The van der Waals surface area contributed by atoms with Crippen molar-refractivity contribution < 1.29 is 9.66 Å². The lowest BCUT2D eigenvalue weighted by Gasteiger charge is -2.09. The van der Waals surface area contributed by atoms with Crippen molar-refractivity contribution in [2.24, 2.45) is 0 Å². The fraction of sp³-hybridized carbons (Fsp3) is 0.154. The average Bonchev–Trinajstić information content (AvgIpc) is 2.40. The Hall–Kier alpha value is -1.85. The van der Waals surface area contributed by atoms with E-state index in [9.17, 15) is 10.1 Å². The van der Waals surface area contributed by atoms with Crippen LogP contribution in [0.4, 0.5) is 5.69 Å². The Morgan fingerprint density at radius 1 is 1.40 bits per heavy atom. The Morgan fingerprint density at radius 2 is 2.15 bits per heavy atom. The lowest BCUT2D eigenvalue weighted by molar-refractivity contribution is -0.385. The van der Waals surface area contributed by atoms with Crippen molar-refractivity contribution in [3.63, 3.8) is 0 Å². The van der Waals surface area contributed by atoms with Gasteiger partial charge >= 0.3 is 5.69 Å². The van der Waals surface area contributed by atoms with Gasteiger partial charge in [0.05, 0.1) is 4.92 Å². The number of rotatable bonds is 4. The Balaban J connectivity index is 2.39. The maximum absolute atomic E-state index is 11.0. The molecule has 1 aromatic carbocycles. The van der Waals surface area contributed by atoms with Gasteiger partial charge in [-0.05, 0) is 24.6 Å². The van der Waals surface area contributed by atoms with Gasteiger partial charge in [0.15, 0.2) is 0 Å². The summed E-state index contributed by atoms with van der Waals surface area (Å²) >= 11 is 11.5. The van der Waals surface area contributed by atoms with Gasteiger partial charge in [-0.15, -0.1) is 11.6 Å². The van der Waals surface area contributed by atoms with Crippen LogP contribution in [0.5, 0.6) is 11.6 Å². The first-order valence-electron chi connectivity index (χ1n) is 5.64. The highest BCUT2D eigenvalue weighted by Crippen LogP contribution is 2.34. The first-order chi connectivity index (χ1) is 9.51. The van der Waals surface area contributed by atoms with Gasteiger partial charge in [-0.1, -0.05) is 11.6 Å². The van der Waals surface area contributed by atoms with Gasteiger partial charge in [0.25, 0.3) is 0 Å². The average molecular weight is 313 g/mol. The molecule has 20 heavy (non-hydrogen) atoms. The van der Waals surface area contributed by atoms with Gasteiger partial charge in [-0.3, -0.25) is 10.1 Å². The van der Waals surface area contributed by atoms with Gasteiger partial charge < -0.3 is 4.74 Å². The number of hydrogen-bond donors (Lipinski definition) is 0. The van der Waals surface area contributed by atoms with Crippen LogP contribution in [0.1, 0.15) is 11.1 Å². The smallest absolute Gasteiger partial charge is 0.311 e. The number of halogens is 2. The SMILES string of the molecule is Cc1cc(CCl)cnc1Oc1cc(Cl)ccc1[N+](=O)[O-]. The predicted molar refractivity (Wildman–Crippen MR) is 76.7 cm³/mol. The summed E-state index contributed by atoms with van der Waals surface area (Å²) in [7, 11) is 0. The number of benzene rings is 1. The summed E-state index contributed by atoms with van der Waals surface area (Å²) in [6, 6.07) is 5.92. The van der Waals surface area contributed by atoms with Gasteiger partial charge in [0.2, 0.25) is 11.6 Å². The summed E-state index contributed by atoms with van der Waals surface area (Å²) in [5.41, 5.74) is 1.41. The molecule has 2 rings (SSSR count). The van der Waals surface area contributed by atoms with Gasteiger partial charge in [-0.25, -0.2) is 4.98 Å². The minimum atomic E-state index is -0.534. The Kier molecular flexibility index (Phi) is 4.42. The summed E-state index contributed by atoms with van der Waals surface area (Å²) in [5, 5.41) is 11.3. The number of ether oxygens (including phenoxy) is 1. The molecule has 5 nitrogen and oxygen atoms in total. The molecule has 0 aliphatic carbocycles. The highest BCUT2D eigenvalue weighted by molar-refractivity contribution is 6.30. The Morgan fingerprint density at radius 3 is 2.75 bits per heavy atom. The zero-order valence-electron chi connectivity index (χ0n) is 10.5. The van der Waals surface area contributed by atoms with Gasteiger partial charge in [0, 0.05) is 34.8 Å². The van der Waals surface area contributed by atoms with Crippen molar-refractivity contribution in [1.82, 2.24) is 4.98 Å². The van der Waals surface area contributed by atoms with Crippen molar-refractivity contribution in [2.45, 2.75) is 12.8 Å². The van der Waals surface area contributed by atoms with Crippen molar-refractivity contribution >= 4 is 28.9 Å². The molecule has 1 heterocycles. The van der Waals surface area contributed by atoms with Crippen LogP contribution < -0.4 is 4.74 Å². The van der Waals surface area contributed by atoms with E-state index in [2.05, 4.69) is 4.98 Å². The molecule has 0 radical (unpaired) electrons. The molecule has 0 bridgehead atoms. The molecule has 0 aliphatic heterocycles. The summed E-state index contributed by atoms with van der Waals surface area (Å²) in [4.78, 5) is 14.5. The summed E-state index contributed by atoms with van der Waals surface area (Å²) in [6.45, 7) is 1.79. The first kappa shape index (κ1) is 14.6. The lowest BCUT2D eigenvalue weighted by Crippen LogP contribution is -1.97. The second kappa shape index (κ2) is 6.07. The van der Waals surface area contributed by atoms with E-state index >= 15 is 0 Å². The van der Waals surface area contributed by atoms with Crippen molar-refractivity contribution in [3.8, 4) is 11.6 Å². The Labute approximate surface area is 125 Å². The van der Waals surface area contributed by atoms with Gasteiger partial charge in [0.1, 0.15) is 0 Å². The third kappa shape index (κ3) is 3.18. The van der Waals surface area contributed by atoms with E-state index in [-0.39, 0.29) is 17.3 Å². The quantitative estimate of drug-likeness (QED) is 0.474. The van der Waals surface area contributed by atoms with Crippen LogP contribution in [0, 0.1) is 17.0 Å². The molecule has 7 heteroatoms. The monoisotopic (exact) mass is 312 g/mol. The molecule has 0 N–H and O–H groups in total. The van der Waals surface area contributed by atoms with Crippen LogP contribution in [0.25, 0.3) is 0 Å². The predicted octanol–water partition coefficient (Wildman–Crippen LogP) is 4.48. The number of nitro groups is 1. The minimum absolute atomic E-state index is 0.0525. The lowest BCUT2D eigenvalue weighted by atomic mass is 10.2. The van der Waals surface area contributed by atoms with E-state index in [1.807, 2.05) is 6.07 Å². The molecule has 2 aromatic rings. The van der Waals surface area contributed by atoms with E-state index < -0.39 is 4.92 Å². The molecule has 1 aromatic heterocycles. The minimum Gasteiger partial charge on any atom is -0.431 e. The molecular weight excluding hydrogens is 303 g/mol. The van der Waals surface area contributed by atoms with Crippen LogP contribution in [0.3, 0.4) is 0 Å². The molecule has 0 amide bonds. The zero-order chi connectivity index (χ0) is 14.7. The van der Waals surface area contributed by atoms with Gasteiger partial charge in [-0.2, -0.15) is 0 Å². The fourth-order valence-electron chi connectivity index (χ4n) is 1.63. The van der Waals surface area contributed by atoms with E-state index in [4.69, 9.17) is 27.9 Å². The maximum atomic E-state index is 11.0. The molecule has 0 aliphatic rings. The number of alkyl halides is 1. The number of aryl methyl sites for hydroxylation is 1.